The number of hydrogen-bond donors (Lipinski definition) is 3. The molecular weight excluding hydrogens is 392 g/mol. The molecule has 0 amide bonds. The Balaban J connectivity index is 1.59. The first-order valence-electron chi connectivity index (χ1n) is 9.83. The van der Waals surface area contributed by atoms with Gasteiger partial charge < -0.3 is 10.4 Å². The van der Waals surface area contributed by atoms with Crippen LogP contribution in [0, 0.1) is 20.8 Å². The molecule has 0 aliphatic heterocycles. The number of tetrazole rings is 1. The Morgan fingerprint density at radius 3 is 2.35 bits per heavy atom. The van der Waals surface area contributed by atoms with E-state index in [1.54, 1.807) is 6.92 Å². The third-order valence-corrected chi connectivity index (χ3v) is 5.33. The Bertz CT molecular complexity index is 1230. The molecule has 4 rings (SSSR count). The lowest BCUT2D eigenvalue weighted by Gasteiger charge is -2.16. The molecule has 0 atom stereocenters. The van der Waals surface area contributed by atoms with Gasteiger partial charge in [-0.3, -0.25) is 4.98 Å². The first-order valence-corrected chi connectivity index (χ1v) is 9.83. The van der Waals surface area contributed by atoms with Crippen LogP contribution in [0.3, 0.4) is 0 Å². The largest absolute Gasteiger partial charge is 0.478 e. The number of H-pyrrole nitrogens is 1. The maximum atomic E-state index is 11.8. The van der Waals surface area contributed by atoms with Crippen LogP contribution < -0.4 is 5.32 Å². The lowest BCUT2D eigenvalue weighted by Crippen LogP contribution is -2.12. The molecule has 0 bridgehead atoms. The molecule has 0 spiro atoms. The number of anilines is 1. The van der Waals surface area contributed by atoms with E-state index in [0.29, 0.717) is 23.8 Å². The fourth-order valence-corrected chi connectivity index (χ4v) is 3.62. The van der Waals surface area contributed by atoms with E-state index in [-0.39, 0.29) is 5.56 Å². The highest BCUT2D eigenvalue weighted by atomic mass is 16.4. The lowest BCUT2D eigenvalue weighted by molar-refractivity contribution is 0.0696. The minimum absolute atomic E-state index is 0.216. The summed E-state index contributed by atoms with van der Waals surface area (Å²) in [6.45, 7) is 5.98. The summed E-state index contributed by atoms with van der Waals surface area (Å²) in [7, 11) is 0. The highest BCUT2D eigenvalue weighted by molar-refractivity contribution is 5.96. The number of aromatic amines is 1. The third-order valence-electron chi connectivity index (χ3n) is 5.33. The number of nitrogens with one attached hydrogen (secondary N) is 2. The van der Waals surface area contributed by atoms with E-state index < -0.39 is 5.97 Å². The molecule has 0 fully saturated rings. The number of rotatable bonds is 6. The van der Waals surface area contributed by atoms with Gasteiger partial charge in [-0.2, -0.15) is 5.21 Å². The van der Waals surface area contributed by atoms with Crippen LogP contribution >= 0.6 is 0 Å². The number of carbonyl (C=O) groups is 1. The van der Waals surface area contributed by atoms with Crippen molar-refractivity contribution in [3.63, 3.8) is 0 Å². The van der Waals surface area contributed by atoms with E-state index in [0.717, 1.165) is 33.5 Å². The van der Waals surface area contributed by atoms with Crippen molar-refractivity contribution in [2.45, 2.75) is 27.3 Å². The number of carboxylic acids is 1. The van der Waals surface area contributed by atoms with E-state index in [1.807, 2.05) is 62.4 Å². The predicted octanol–water partition coefficient (Wildman–Crippen LogP) is 4.16. The monoisotopic (exact) mass is 414 g/mol. The average Bonchev–Trinajstić information content (AvgIpc) is 3.30. The van der Waals surface area contributed by atoms with Crippen LogP contribution in [0.1, 0.15) is 32.9 Å². The van der Waals surface area contributed by atoms with E-state index in [2.05, 4.69) is 30.9 Å². The van der Waals surface area contributed by atoms with Crippen molar-refractivity contribution in [1.29, 1.82) is 0 Å². The van der Waals surface area contributed by atoms with Crippen molar-refractivity contribution in [2.24, 2.45) is 0 Å². The number of carboxylic acid groups (broad SMARTS) is 1. The molecule has 0 aliphatic carbocycles. The van der Waals surface area contributed by atoms with Gasteiger partial charge in [-0.1, -0.05) is 48.5 Å². The molecule has 8 nitrogen and oxygen atoms in total. The zero-order valence-electron chi connectivity index (χ0n) is 17.5. The molecule has 156 valence electrons. The van der Waals surface area contributed by atoms with Crippen LogP contribution in [0.15, 0.2) is 48.5 Å². The van der Waals surface area contributed by atoms with Crippen molar-refractivity contribution in [3.8, 4) is 22.5 Å². The molecule has 0 radical (unpaired) electrons. The van der Waals surface area contributed by atoms with Crippen LogP contribution in [-0.2, 0) is 6.54 Å². The first kappa shape index (κ1) is 20.2. The van der Waals surface area contributed by atoms with Crippen molar-refractivity contribution < 1.29 is 9.90 Å². The highest BCUT2D eigenvalue weighted by Gasteiger charge is 2.18. The number of aryl methyl sites for hydroxylation is 2. The molecule has 3 N–H and O–H groups in total. The molecule has 0 unspecified atom stereocenters. The van der Waals surface area contributed by atoms with Gasteiger partial charge in [-0.15, -0.1) is 10.2 Å². The summed E-state index contributed by atoms with van der Waals surface area (Å²) in [5.74, 6) is -0.439. The average molecular weight is 414 g/mol. The smallest absolute Gasteiger partial charge is 0.339 e. The topological polar surface area (TPSA) is 117 Å². The standard InChI is InChI=1S/C23H22N6O2/c1-13-14(2)25-15(3)20(23(30)31)21(13)24-12-16-8-10-17(11-9-16)18-6-4-5-7-19(18)22-26-28-29-27-22/h4-11H,12H2,1-3H3,(H,24,25)(H,30,31)(H,26,27,28,29). The second-order valence-corrected chi connectivity index (χ2v) is 7.29. The zero-order chi connectivity index (χ0) is 22.0. The highest BCUT2D eigenvalue weighted by Crippen LogP contribution is 2.30. The van der Waals surface area contributed by atoms with Gasteiger partial charge in [-0.05, 0) is 48.2 Å². The number of pyridine rings is 1. The molecule has 2 heterocycles. The fourth-order valence-electron chi connectivity index (χ4n) is 3.62. The number of aromatic carboxylic acids is 1. The van der Waals surface area contributed by atoms with Crippen LogP contribution in [0.2, 0.25) is 0 Å². The van der Waals surface area contributed by atoms with Crippen molar-refractivity contribution in [3.05, 3.63) is 76.6 Å². The second-order valence-electron chi connectivity index (χ2n) is 7.29. The Hall–Kier alpha value is -4.07. The normalized spacial score (nSPS) is 10.8. The van der Waals surface area contributed by atoms with Crippen molar-refractivity contribution in [2.75, 3.05) is 5.32 Å². The minimum atomic E-state index is -0.982. The van der Waals surface area contributed by atoms with Crippen molar-refractivity contribution in [1.82, 2.24) is 25.6 Å². The third kappa shape index (κ3) is 4.00. The van der Waals surface area contributed by atoms with Crippen LogP contribution in [0.5, 0.6) is 0 Å². The molecule has 0 saturated carbocycles. The molecule has 0 saturated heterocycles. The van der Waals surface area contributed by atoms with E-state index >= 15 is 0 Å². The Morgan fingerprint density at radius 1 is 1.00 bits per heavy atom. The number of aromatic nitrogens is 5. The van der Waals surface area contributed by atoms with Gasteiger partial charge in [0.25, 0.3) is 0 Å². The quantitative estimate of drug-likeness (QED) is 0.434. The molecule has 2 aromatic carbocycles. The predicted molar refractivity (Wildman–Crippen MR) is 118 cm³/mol. The minimum Gasteiger partial charge on any atom is -0.478 e. The number of benzene rings is 2. The van der Waals surface area contributed by atoms with E-state index in [1.165, 1.54) is 0 Å². The molecule has 4 aromatic rings. The SMILES string of the molecule is Cc1nc(C)c(C(=O)O)c(NCc2ccc(-c3ccccc3-c3nn[nH]n3)cc2)c1C. The van der Waals surface area contributed by atoms with Gasteiger partial charge in [-0.25, -0.2) is 4.79 Å². The molecule has 8 heteroatoms. The van der Waals surface area contributed by atoms with Gasteiger partial charge >= 0.3 is 5.97 Å². The summed E-state index contributed by atoms with van der Waals surface area (Å²) in [5.41, 5.74) is 6.96. The number of nitrogens with zero attached hydrogens (tertiary/aromatic N) is 4. The molecule has 31 heavy (non-hydrogen) atoms. The summed E-state index contributed by atoms with van der Waals surface area (Å²) in [4.78, 5) is 16.1. The summed E-state index contributed by atoms with van der Waals surface area (Å²) in [6.07, 6.45) is 0. The van der Waals surface area contributed by atoms with Gasteiger partial charge in [0.05, 0.1) is 11.4 Å². The van der Waals surface area contributed by atoms with Crippen LogP contribution in [-0.4, -0.2) is 36.7 Å². The summed E-state index contributed by atoms with van der Waals surface area (Å²) in [5, 5.41) is 27.2. The second kappa shape index (κ2) is 8.35. The summed E-state index contributed by atoms with van der Waals surface area (Å²) < 4.78 is 0. The lowest BCUT2D eigenvalue weighted by atomic mass is 9.98. The number of hydrogen-bond acceptors (Lipinski definition) is 6. The summed E-state index contributed by atoms with van der Waals surface area (Å²) >= 11 is 0. The Kier molecular flexibility index (Phi) is 5.44. The summed E-state index contributed by atoms with van der Waals surface area (Å²) in [6, 6.07) is 16.0. The molecule has 0 aliphatic rings. The van der Waals surface area contributed by atoms with E-state index in [4.69, 9.17) is 0 Å². The van der Waals surface area contributed by atoms with Gasteiger partial charge in [0.2, 0.25) is 5.82 Å². The van der Waals surface area contributed by atoms with Gasteiger partial charge in [0.15, 0.2) is 0 Å². The van der Waals surface area contributed by atoms with Crippen LogP contribution in [0.4, 0.5) is 5.69 Å². The first-order chi connectivity index (χ1) is 15.0. The van der Waals surface area contributed by atoms with Gasteiger partial charge in [0.1, 0.15) is 5.56 Å². The van der Waals surface area contributed by atoms with E-state index in [9.17, 15) is 9.90 Å². The Labute approximate surface area is 179 Å². The zero-order valence-corrected chi connectivity index (χ0v) is 17.5. The maximum absolute atomic E-state index is 11.8. The van der Waals surface area contributed by atoms with Gasteiger partial charge in [0, 0.05) is 17.8 Å². The van der Waals surface area contributed by atoms with Crippen molar-refractivity contribution >= 4 is 11.7 Å². The maximum Gasteiger partial charge on any atom is 0.339 e. The molecular formula is C23H22N6O2. The Morgan fingerprint density at radius 2 is 1.71 bits per heavy atom. The fraction of sp³-hybridized carbons (Fsp3) is 0.174. The van der Waals surface area contributed by atoms with Crippen LogP contribution in [0.25, 0.3) is 22.5 Å². The molecule has 2 aromatic heterocycles.